The molecule has 0 saturated carbocycles. The zero-order chi connectivity index (χ0) is 16.5. The standard InChI is InChI=1S/C22H34/c1-17(2)10-7-12-19(5)21-14-9-15-22(16-21)20(6)13-8-11-18(3)4/h9,12-18H,7-8,10-11H2,1-6H3/b19-12+,20-13+. The van der Waals surface area contributed by atoms with E-state index in [0.29, 0.717) is 0 Å². The molecule has 0 atom stereocenters. The number of hydrogen-bond donors (Lipinski definition) is 0. The second kappa shape index (κ2) is 9.66. The molecule has 0 aliphatic heterocycles. The van der Waals surface area contributed by atoms with Crippen LogP contribution in [-0.4, -0.2) is 0 Å². The summed E-state index contributed by atoms with van der Waals surface area (Å²) < 4.78 is 0. The second-order valence-corrected chi connectivity index (χ2v) is 7.30. The molecule has 0 spiro atoms. The minimum absolute atomic E-state index is 0.779. The molecule has 0 heteroatoms. The van der Waals surface area contributed by atoms with Crippen molar-refractivity contribution in [1.82, 2.24) is 0 Å². The van der Waals surface area contributed by atoms with Crippen molar-refractivity contribution in [2.45, 2.75) is 67.2 Å². The Balaban J connectivity index is 2.76. The summed E-state index contributed by atoms with van der Waals surface area (Å²) in [6.45, 7) is 13.6. The highest BCUT2D eigenvalue weighted by atomic mass is 14.1. The Kier molecular flexibility index (Phi) is 8.24. The Morgan fingerprint density at radius 1 is 0.818 bits per heavy atom. The molecular weight excluding hydrogens is 264 g/mol. The van der Waals surface area contributed by atoms with Crippen LogP contribution in [0.5, 0.6) is 0 Å². The predicted octanol–water partition coefficient (Wildman–Crippen LogP) is 7.37. The maximum atomic E-state index is 2.39. The Morgan fingerprint density at radius 2 is 1.23 bits per heavy atom. The average Bonchev–Trinajstić information content (AvgIpc) is 2.46. The summed E-state index contributed by atoms with van der Waals surface area (Å²) in [6.07, 6.45) is 9.66. The van der Waals surface area contributed by atoms with Gasteiger partial charge in [-0.3, -0.25) is 0 Å². The van der Waals surface area contributed by atoms with E-state index in [1.165, 1.54) is 48.0 Å². The van der Waals surface area contributed by atoms with Crippen molar-refractivity contribution in [3.63, 3.8) is 0 Å². The van der Waals surface area contributed by atoms with E-state index in [0.717, 1.165) is 11.8 Å². The Bertz CT molecular complexity index is 457. The van der Waals surface area contributed by atoms with Gasteiger partial charge in [0.2, 0.25) is 0 Å². The first-order chi connectivity index (χ1) is 10.4. The van der Waals surface area contributed by atoms with Gasteiger partial charge in [-0.15, -0.1) is 0 Å². The van der Waals surface area contributed by atoms with E-state index in [1.54, 1.807) is 0 Å². The molecule has 0 saturated heterocycles. The topological polar surface area (TPSA) is 0 Å². The highest BCUT2D eigenvalue weighted by Gasteiger charge is 2.01. The quantitative estimate of drug-likeness (QED) is 0.470. The molecule has 0 radical (unpaired) electrons. The normalized spacial score (nSPS) is 13.3. The predicted molar refractivity (Wildman–Crippen MR) is 102 cm³/mol. The van der Waals surface area contributed by atoms with Crippen molar-refractivity contribution < 1.29 is 0 Å². The lowest BCUT2D eigenvalue weighted by Gasteiger charge is -2.08. The van der Waals surface area contributed by atoms with E-state index in [9.17, 15) is 0 Å². The van der Waals surface area contributed by atoms with Crippen molar-refractivity contribution in [3.05, 3.63) is 47.5 Å². The van der Waals surface area contributed by atoms with E-state index >= 15 is 0 Å². The highest BCUT2D eigenvalue weighted by Crippen LogP contribution is 2.22. The second-order valence-electron chi connectivity index (χ2n) is 7.30. The lowest BCUT2D eigenvalue weighted by atomic mass is 9.97. The van der Waals surface area contributed by atoms with Crippen LogP contribution < -0.4 is 0 Å². The molecule has 0 heterocycles. The van der Waals surface area contributed by atoms with E-state index in [1.807, 2.05) is 0 Å². The first kappa shape index (κ1) is 18.7. The largest absolute Gasteiger partial charge is 0.0810 e. The van der Waals surface area contributed by atoms with Gasteiger partial charge < -0.3 is 0 Å². The minimum Gasteiger partial charge on any atom is -0.0810 e. The lowest BCUT2D eigenvalue weighted by molar-refractivity contribution is 0.594. The molecule has 0 unspecified atom stereocenters. The summed E-state index contributed by atoms with van der Waals surface area (Å²) >= 11 is 0. The summed E-state index contributed by atoms with van der Waals surface area (Å²) in [7, 11) is 0. The van der Waals surface area contributed by atoms with Gasteiger partial charge in [-0.1, -0.05) is 58.0 Å². The van der Waals surface area contributed by atoms with Crippen LogP contribution in [0.3, 0.4) is 0 Å². The van der Waals surface area contributed by atoms with Crippen LogP contribution in [0.15, 0.2) is 36.4 Å². The van der Waals surface area contributed by atoms with Gasteiger partial charge >= 0.3 is 0 Å². The Hall–Kier alpha value is -1.30. The molecular formula is C22H34. The smallest absolute Gasteiger partial charge is 0.0224 e. The van der Waals surface area contributed by atoms with Crippen LogP contribution >= 0.6 is 0 Å². The minimum atomic E-state index is 0.779. The fourth-order valence-electron chi connectivity index (χ4n) is 2.51. The third kappa shape index (κ3) is 7.11. The van der Waals surface area contributed by atoms with Crippen LogP contribution in [0.4, 0.5) is 0 Å². The van der Waals surface area contributed by atoms with Crippen molar-refractivity contribution >= 4 is 11.1 Å². The molecule has 0 aliphatic rings. The van der Waals surface area contributed by atoms with Gasteiger partial charge in [0.15, 0.2) is 0 Å². The van der Waals surface area contributed by atoms with Gasteiger partial charge in [0, 0.05) is 0 Å². The van der Waals surface area contributed by atoms with Crippen LogP contribution in [0.25, 0.3) is 11.1 Å². The van der Waals surface area contributed by atoms with E-state index in [-0.39, 0.29) is 0 Å². The molecule has 0 amide bonds. The number of hydrogen-bond acceptors (Lipinski definition) is 0. The SMILES string of the molecule is C/C(=C\CCC(C)C)c1cccc(/C(C)=C/CCC(C)C)c1. The van der Waals surface area contributed by atoms with E-state index in [4.69, 9.17) is 0 Å². The Labute approximate surface area is 138 Å². The van der Waals surface area contributed by atoms with Crippen molar-refractivity contribution in [2.24, 2.45) is 11.8 Å². The van der Waals surface area contributed by atoms with Crippen LogP contribution in [0.2, 0.25) is 0 Å². The molecule has 0 bridgehead atoms. The van der Waals surface area contributed by atoms with Crippen LogP contribution in [-0.2, 0) is 0 Å². The van der Waals surface area contributed by atoms with Crippen molar-refractivity contribution in [3.8, 4) is 0 Å². The van der Waals surface area contributed by atoms with Gasteiger partial charge in [-0.05, 0) is 79.7 Å². The maximum Gasteiger partial charge on any atom is -0.0224 e. The van der Waals surface area contributed by atoms with Gasteiger partial charge in [-0.25, -0.2) is 0 Å². The zero-order valence-corrected chi connectivity index (χ0v) is 15.4. The lowest BCUT2D eigenvalue weighted by Crippen LogP contribution is -1.88. The van der Waals surface area contributed by atoms with Gasteiger partial charge in [0.1, 0.15) is 0 Å². The number of rotatable bonds is 8. The zero-order valence-electron chi connectivity index (χ0n) is 15.4. The maximum absolute atomic E-state index is 2.39. The number of allylic oxidation sites excluding steroid dienone is 4. The molecule has 122 valence electrons. The van der Waals surface area contributed by atoms with Crippen molar-refractivity contribution in [1.29, 1.82) is 0 Å². The third-order valence-electron chi connectivity index (χ3n) is 4.16. The summed E-state index contributed by atoms with van der Waals surface area (Å²) in [5.74, 6) is 1.56. The van der Waals surface area contributed by atoms with E-state index < -0.39 is 0 Å². The molecule has 0 fully saturated rings. The molecule has 0 nitrogen and oxygen atoms in total. The molecule has 0 aliphatic carbocycles. The summed E-state index contributed by atoms with van der Waals surface area (Å²) in [4.78, 5) is 0. The summed E-state index contributed by atoms with van der Waals surface area (Å²) in [5, 5.41) is 0. The fourth-order valence-corrected chi connectivity index (χ4v) is 2.51. The van der Waals surface area contributed by atoms with Gasteiger partial charge in [0.25, 0.3) is 0 Å². The van der Waals surface area contributed by atoms with Gasteiger partial charge in [0.05, 0.1) is 0 Å². The molecule has 0 N–H and O–H groups in total. The summed E-state index contributed by atoms with van der Waals surface area (Å²) in [6, 6.07) is 8.98. The number of benzene rings is 1. The van der Waals surface area contributed by atoms with Crippen LogP contribution in [0.1, 0.15) is 78.4 Å². The first-order valence-electron chi connectivity index (χ1n) is 8.84. The Morgan fingerprint density at radius 3 is 1.59 bits per heavy atom. The molecule has 22 heavy (non-hydrogen) atoms. The average molecular weight is 299 g/mol. The molecule has 1 aromatic carbocycles. The molecule has 0 aromatic heterocycles. The van der Waals surface area contributed by atoms with E-state index in [2.05, 4.69) is 78.0 Å². The highest BCUT2D eigenvalue weighted by molar-refractivity contribution is 5.70. The van der Waals surface area contributed by atoms with Gasteiger partial charge in [-0.2, -0.15) is 0 Å². The van der Waals surface area contributed by atoms with Crippen LogP contribution in [0, 0.1) is 11.8 Å². The monoisotopic (exact) mass is 298 g/mol. The van der Waals surface area contributed by atoms with Crippen molar-refractivity contribution in [2.75, 3.05) is 0 Å². The third-order valence-corrected chi connectivity index (χ3v) is 4.16. The molecule has 1 aromatic rings. The first-order valence-corrected chi connectivity index (χ1v) is 8.84. The summed E-state index contributed by atoms with van der Waals surface area (Å²) in [5.41, 5.74) is 5.52. The fraction of sp³-hybridized carbons (Fsp3) is 0.545. The molecule has 1 rings (SSSR count).